The maximum atomic E-state index is 12.8. The Morgan fingerprint density at radius 1 is 0.889 bits per heavy atom. The molecule has 2 heteroatoms. The van der Waals surface area contributed by atoms with Crippen LogP contribution in [0.4, 0.5) is 0 Å². The van der Waals surface area contributed by atoms with E-state index in [1.54, 1.807) is 0 Å². The highest BCUT2D eigenvalue weighted by Gasteiger charge is 2.63. The van der Waals surface area contributed by atoms with E-state index in [1.807, 2.05) is 0 Å². The molecule has 0 heterocycles. The molecule has 4 rings (SSSR count). The van der Waals surface area contributed by atoms with Gasteiger partial charge >= 0.3 is 0 Å². The topological polar surface area (TPSA) is 37.3 Å². The lowest BCUT2D eigenvalue weighted by Gasteiger charge is -2.57. The van der Waals surface area contributed by atoms with Gasteiger partial charge in [-0.1, -0.05) is 27.7 Å². The number of carbonyl (C=O) groups excluding carboxylic acids is 1. The number of ketones is 1. The summed E-state index contributed by atoms with van der Waals surface area (Å²) in [6, 6.07) is 0. The van der Waals surface area contributed by atoms with Crippen molar-refractivity contribution in [3.05, 3.63) is 11.8 Å². The Bertz CT molecular complexity index is 442. The fourth-order valence-electron chi connectivity index (χ4n) is 6.46. The van der Waals surface area contributed by atoms with Crippen LogP contribution in [0.15, 0.2) is 11.8 Å². The zero-order chi connectivity index (χ0) is 13.4. The molecule has 0 aromatic carbocycles. The van der Waals surface area contributed by atoms with E-state index in [0.29, 0.717) is 5.57 Å². The highest BCUT2D eigenvalue weighted by Crippen LogP contribution is 2.70. The van der Waals surface area contributed by atoms with Crippen LogP contribution in [-0.4, -0.2) is 10.9 Å². The molecule has 4 aliphatic carbocycles. The van der Waals surface area contributed by atoms with E-state index in [2.05, 4.69) is 27.7 Å². The summed E-state index contributed by atoms with van der Waals surface area (Å²) in [4.78, 5) is 12.8. The number of Topliss-reactive ketones (excluding diaryl/α,β-unsaturated/α-hetero) is 1. The van der Waals surface area contributed by atoms with Crippen molar-refractivity contribution >= 4 is 5.78 Å². The maximum Gasteiger partial charge on any atom is 0.168 e. The number of hydrogen-bond donors (Lipinski definition) is 1. The van der Waals surface area contributed by atoms with Gasteiger partial charge in [0.05, 0.1) is 6.26 Å². The van der Waals surface area contributed by atoms with Gasteiger partial charge in [-0.25, -0.2) is 0 Å². The molecule has 100 valence electrons. The van der Waals surface area contributed by atoms with E-state index in [4.69, 9.17) is 0 Å². The largest absolute Gasteiger partial charge is 0.515 e. The molecule has 0 aromatic rings. The monoisotopic (exact) mass is 248 g/mol. The Kier molecular flexibility index (Phi) is 2.06. The van der Waals surface area contributed by atoms with Gasteiger partial charge in [0.2, 0.25) is 0 Å². The summed E-state index contributed by atoms with van der Waals surface area (Å²) in [7, 11) is 0. The van der Waals surface area contributed by atoms with E-state index in [9.17, 15) is 9.90 Å². The van der Waals surface area contributed by atoms with Crippen LogP contribution in [0.5, 0.6) is 0 Å². The van der Waals surface area contributed by atoms with Crippen molar-refractivity contribution in [1.29, 1.82) is 0 Å². The van der Waals surface area contributed by atoms with E-state index < -0.39 is 0 Å². The van der Waals surface area contributed by atoms with Crippen LogP contribution in [-0.2, 0) is 4.79 Å². The Hall–Kier alpha value is -0.790. The van der Waals surface area contributed by atoms with Gasteiger partial charge in [0, 0.05) is 16.4 Å². The Morgan fingerprint density at radius 3 is 1.78 bits per heavy atom. The molecule has 2 atom stereocenters. The summed E-state index contributed by atoms with van der Waals surface area (Å²) < 4.78 is 0. The summed E-state index contributed by atoms with van der Waals surface area (Å²) in [6.45, 7) is 8.98. The Morgan fingerprint density at radius 2 is 1.33 bits per heavy atom. The van der Waals surface area contributed by atoms with Gasteiger partial charge in [0.25, 0.3) is 0 Å². The number of rotatable bonds is 0. The van der Waals surface area contributed by atoms with Gasteiger partial charge < -0.3 is 5.11 Å². The molecule has 0 saturated heterocycles. The first kappa shape index (κ1) is 12.3. The van der Waals surface area contributed by atoms with Crippen LogP contribution in [0.25, 0.3) is 0 Å². The van der Waals surface area contributed by atoms with Crippen molar-refractivity contribution in [3.8, 4) is 0 Å². The zero-order valence-corrected chi connectivity index (χ0v) is 12.0. The molecule has 1 N–H and O–H groups in total. The lowest BCUT2D eigenvalue weighted by Crippen LogP contribution is -2.48. The number of aliphatic hydroxyl groups excluding tert-OH is 1. The van der Waals surface area contributed by atoms with Gasteiger partial charge in [-0.05, 0) is 42.9 Å². The highest BCUT2D eigenvalue weighted by atomic mass is 16.2. The zero-order valence-electron chi connectivity index (χ0n) is 12.0. The van der Waals surface area contributed by atoms with Crippen molar-refractivity contribution in [3.63, 3.8) is 0 Å². The molecule has 18 heavy (non-hydrogen) atoms. The molecule has 4 fully saturated rings. The molecule has 0 aliphatic heterocycles. The summed E-state index contributed by atoms with van der Waals surface area (Å²) in [5.74, 6) is 0.208. The summed E-state index contributed by atoms with van der Waals surface area (Å²) >= 11 is 0. The minimum Gasteiger partial charge on any atom is -0.515 e. The summed E-state index contributed by atoms with van der Waals surface area (Å²) in [5, 5.41) is 9.60. The van der Waals surface area contributed by atoms with E-state index in [-0.39, 0.29) is 27.4 Å². The van der Waals surface area contributed by atoms with E-state index in [0.717, 1.165) is 31.9 Å². The molecule has 0 amide bonds. The van der Waals surface area contributed by atoms with Crippen molar-refractivity contribution in [2.24, 2.45) is 21.7 Å². The Balaban J connectivity index is 2.25. The smallest absolute Gasteiger partial charge is 0.168 e. The fraction of sp³-hybridized carbons (Fsp3) is 0.812. The quantitative estimate of drug-likeness (QED) is 0.519. The SMILES string of the molecule is CC12CC3(C)CC(C)(C1)C(=O)/C(=C/O)C(C)(C2)C3. The minimum absolute atomic E-state index is 0.123. The van der Waals surface area contributed by atoms with Crippen LogP contribution in [0.1, 0.15) is 59.8 Å². The highest BCUT2D eigenvalue weighted by molar-refractivity contribution is 6.01. The minimum atomic E-state index is -0.259. The first-order chi connectivity index (χ1) is 8.14. The number of allylic oxidation sites excluding steroid dienone is 1. The number of fused-ring (bicyclic) bond motifs is 1. The maximum absolute atomic E-state index is 12.8. The van der Waals surface area contributed by atoms with Crippen molar-refractivity contribution in [2.45, 2.75) is 59.8 Å². The number of carbonyl (C=O) groups is 1. The molecule has 4 aliphatic rings. The first-order valence-corrected chi connectivity index (χ1v) is 7.04. The van der Waals surface area contributed by atoms with Crippen LogP contribution in [0.3, 0.4) is 0 Å². The lowest BCUT2D eigenvalue weighted by molar-refractivity contribution is -0.131. The van der Waals surface area contributed by atoms with Crippen LogP contribution >= 0.6 is 0 Å². The van der Waals surface area contributed by atoms with E-state index >= 15 is 0 Å². The summed E-state index contributed by atoms with van der Waals surface area (Å²) in [5.41, 5.74) is 0.827. The Labute approximate surface area is 109 Å². The normalized spacial score (nSPS) is 57.1. The van der Waals surface area contributed by atoms with Crippen molar-refractivity contribution in [1.82, 2.24) is 0 Å². The molecule has 0 aromatic heterocycles. The standard InChI is InChI=1S/C16H24O2/c1-13-6-14(2)8-15(3,7-13)11(5-17)12(18)16(4,9-13)10-14/h5,17H,6-10H2,1-4H3/b11-5-. The van der Waals surface area contributed by atoms with E-state index in [1.165, 1.54) is 6.42 Å². The van der Waals surface area contributed by atoms with Crippen LogP contribution in [0.2, 0.25) is 0 Å². The average Bonchev–Trinajstić information content (AvgIpc) is 2.17. The number of aliphatic hydroxyl groups is 1. The molecular formula is C16H24O2. The van der Waals surface area contributed by atoms with Gasteiger partial charge in [-0.2, -0.15) is 0 Å². The second-order valence-electron chi connectivity index (χ2n) is 8.50. The van der Waals surface area contributed by atoms with Crippen molar-refractivity contribution < 1.29 is 9.90 Å². The van der Waals surface area contributed by atoms with Crippen molar-refractivity contribution in [2.75, 3.05) is 0 Å². The van der Waals surface area contributed by atoms with Gasteiger partial charge in [0.15, 0.2) is 5.78 Å². The molecular weight excluding hydrogens is 224 g/mol. The lowest BCUT2D eigenvalue weighted by atomic mass is 9.47. The summed E-state index contributed by atoms with van der Waals surface area (Å²) in [6.07, 6.45) is 6.41. The average molecular weight is 248 g/mol. The molecule has 4 saturated carbocycles. The predicted octanol–water partition coefficient (Wildman–Crippen LogP) is 4.01. The van der Waals surface area contributed by atoms with Gasteiger partial charge in [0.1, 0.15) is 0 Å². The second-order valence-corrected chi connectivity index (χ2v) is 8.50. The van der Waals surface area contributed by atoms with Crippen LogP contribution in [0, 0.1) is 21.7 Å². The molecule has 2 nitrogen and oxygen atoms in total. The molecule has 0 spiro atoms. The first-order valence-electron chi connectivity index (χ1n) is 7.04. The number of hydrogen-bond acceptors (Lipinski definition) is 2. The van der Waals surface area contributed by atoms with Gasteiger partial charge in [-0.15, -0.1) is 0 Å². The predicted molar refractivity (Wildman–Crippen MR) is 71.2 cm³/mol. The van der Waals surface area contributed by atoms with Gasteiger partial charge in [-0.3, -0.25) is 4.79 Å². The van der Waals surface area contributed by atoms with Crippen LogP contribution < -0.4 is 0 Å². The third-order valence-corrected chi connectivity index (χ3v) is 5.69. The molecule has 0 radical (unpaired) electrons. The fourth-order valence-corrected chi connectivity index (χ4v) is 6.46. The second kappa shape index (κ2) is 3.02. The molecule has 2 unspecified atom stereocenters. The third kappa shape index (κ3) is 1.38. The third-order valence-electron chi connectivity index (χ3n) is 5.69. The molecule has 4 bridgehead atoms.